The third kappa shape index (κ3) is 5.25. The van der Waals surface area contributed by atoms with E-state index in [2.05, 4.69) is 0 Å². The van der Waals surface area contributed by atoms with Crippen LogP contribution in [-0.2, 0) is 14.6 Å². The molecule has 1 aliphatic heterocycles. The van der Waals surface area contributed by atoms with Gasteiger partial charge in [-0.1, -0.05) is 24.3 Å². The Morgan fingerprint density at radius 2 is 1.66 bits per heavy atom. The largest absolute Gasteiger partial charge is 0.493 e. The first-order valence-corrected chi connectivity index (χ1v) is 13.4. The van der Waals surface area contributed by atoms with Crippen LogP contribution in [0.2, 0.25) is 0 Å². The lowest BCUT2D eigenvalue weighted by molar-refractivity contribution is 0.0494. The van der Waals surface area contributed by atoms with Gasteiger partial charge in [0.05, 0.1) is 30.2 Å². The second kappa shape index (κ2) is 10.9. The minimum atomic E-state index is -4.21. The van der Waals surface area contributed by atoms with Crippen molar-refractivity contribution in [2.75, 3.05) is 28.1 Å². The van der Waals surface area contributed by atoms with E-state index >= 15 is 0 Å². The summed E-state index contributed by atoms with van der Waals surface area (Å²) < 4.78 is 55.7. The summed E-state index contributed by atoms with van der Waals surface area (Å²) in [5, 5.41) is -1.60. The van der Waals surface area contributed by atoms with Crippen molar-refractivity contribution in [3.63, 3.8) is 0 Å². The highest BCUT2D eigenvalue weighted by Gasteiger charge is 2.39. The van der Waals surface area contributed by atoms with Gasteiger partial charge in [0.15, 0.2) is 39.2 Å². The molecular formula is C29H30O8S. The van der Waals surface area contributed by atoms with Crippen molar-refractivity contribution >= 4 is 21.7 Å². The molecule has 8 nitrogen and oxygen atoms in total. The zero-order chi connectivity index (χ0) is 27.5. The van der Waals surface area contributed by atoms with Crippen LogP contribution in [0.15, 0.2) is 71.6 Å². The lowest BCUT2D eigenvalue weighted by Crippen LogP contribution is -2.28. The van der Waals surface area contributed by atoms with Gasteiger partial charge in [0.25, 0.3) is 0 Å². The molecule has 0 fully saturated rings. The number of Topliss-reactive ketones (excluding diaryl/α,β-unsaturated/α-hetero) is 1. The van der Waals surface area contributed by atoms with Gasteiger partial charge in [0.1, 0.15) is 17.1 Å². The molecule has 0 N–H and O–H groups in total. The smallest absolute Gasteiger partial charge is 0.192 e. The summed E-state index contributed by atoms with van der Waals surface area (Å²) in [6.45, 7) is 3.65. The minimum absolute atomic E-state index is 0.00966. The molecule has 4 rings (SSSR count). The van der Waals surface area contributed by atoms with Crippen LogP contribution in [0.1, 0.15) is 40.6 Å². The maximum Gasteiger partial charge on any atom is 0.192 e. The van der Waals surface area contributed by atoms with E-state index in [9.17, 15) is 13.2 Å². The second-order valence-electron chi connectivity index (χ2n) is 9.16. The van der Waals surface area contributed by atoms with Gasteiger partial charge in [-0.15, -0.1) is 0 Å². The molecule has 1 heterocycles. The fourth-order valence-electron chi connectivity index (χ4n) is 4.27. The molecule has 0 saturated carbocycles. The molecular weight excluding hydrogens is 508 g/mol. The average Bonchev–Trinajstić information content (AvgIpc) is 2.91. The van der Waals surface area contributed by atoms with Crippen molar-refractivity contribution in [2.45, 2.75) is 29.6 Å². The van der Waals surface area contributed by atoms with Crippen molar-refractivity contribution < 1.29 is 36.9 Å². The summed E-state index contributed by atoms with van der Waals surface area (Å²) in [4.78, 5) is 14.3. The SMILES string of the molecule is COCOc1c(C(=O)C(c2ccc(OC)c(OC)c2)S(=O)(=O)c2ccccc2)ccc2c1C=CC(C)(C)O2. The van der Waals surface area contributed by atoms with E-state index in [1.54, 1.807) is 42.5 Å². The fourth-order valence-corrected chi connectivity index (χ4v) is 5.99. The molecule has 0 saturated heterocycles. The van der Waals surface area contributed by atoms with Crippen molar-refractivity contribution in [1.82, 2.24) is 0 Å². The van der Waals surface area contributed by atoms with E-state index in [1.165, 1.54) is 45.6 Å². The Morgan fingerprint density at radius 1 is 0.947 bits per heavy atom. The summed E-state index contributed by atoms with van der Waals surface area (Å²) >= 11 is 0. The number of benzene rings is 3. The topological polar surface area (TPSA) is 97.4 Å². The Bertz CT molecular complexity index is 1460. The molecule has 3 aromatic carbocycles. The van der Waals surface area contributed by atoms with Crippen LogP contribution in [0.4, 0.5) is 0 Å². The van der Waals surface area contributed by atoms with Gasteiger partial charge in [-0.05, 0) is 68.0 Å². The molecule has 38 heavy (non-hydrogen) atoms. The first-order valence-electron chi connectivity index (χ1n) is 11.8. The third-order valence-electron chi connectivity index (χ3n) is 6.10. The normalized spacial score (nSPS) is 14.7. The standard InChI is InChI=1S/C29H30O8S/c1-29(2)16-15-21-23(37-29)14-12-22(27(21)36-18-33-3)26(30)28(38(31,32)20-9-7-6-8-10-20)19-11-13-24(34-4)25(17-19)35-5/h6-17,28H,18H2,1-5H3. The summed E-state index contributed by atoms with van der Waals surface area (Å²) in [6, 6.07) is 15.6. The number of carbonyl (C=O) groups is 1. The van der Waals surface area contributed by atoms with Crippen LogP contribution >= 0.6 is 0 Å². The molecule has 9 heteroatoms. The van der Waals surface area contributed by atoms with Gasteiger partial charge in [-0.3, -0.25) is 4.79 Å². The molecule has 1 aliphatic rings. The van der Waals surface area contributed by atoms with Crippen LogP contribution in [0.5, 0.6) is 23.0 Å². The fraction of sp³-hybridized carbons (Fsp3) is 0.276. The lowest BCUT2D eigenvalue weighted by Gasteiger charge is -2.29. The predicted octanol–water partition coefficient (Wildman–Crippen LogP) is 5.27. The summed E-state index contributed by atoms with van der Waals surface area (Å²) in [6.07, 6.45) is 3.65. The van der Waals surface area contributed by atoms with Gasteiger partial charge < -0.3 is 23.7 Å². The molecule has 0 aromatic heterocycles. The third-order valence-corrected chi connectivity index (χ3v) is 8.13. The molecule has 0 amide bonds. The number of ketones is 1. The van der Waals surface area contributed by atoms with E-state index in [1.807, 2.05) is 19.9 Å². The van der Waals surface area contributed by atoms with Crippen LogP contribution in [0, 0.1) is 0 Å². The quantitative estimate of drug-likeness (QED) is 0.254. The van der Waals surface area contributed by atoms with Crippen molar-refractivity contribution in [3.05, 3.63) is 83.4 Å². The summed E-state index contributed by atoms with van der Waals surface area (Å²) in [5.74, 6) is 0.713. The zero-order valence-corrected chi connectivity index (χ0v) is 22.7. The maximum absolute atomic E-state index is 14.3. The average molecular weight is 539 g/mol. The second-order valence-corrected chi connectivity index (χ2v) is 11.2. The van der Waals surface area contributed by atoms with Gasteiger partial charge >= 0.3 is 0 Å². The molecule has 200 valence electrons. The van der Waals surface area contributed by atoms with Crippen molar-refractivity contribution in [2.24, 2.45) is 0 Å². The summed E-state index contributed by atoms with van der Waals surface area (Å²) in [7, 11) is 0.171. The first-order chi connectivity index (χ1) is 18.1. The Kier molecular flexibility index (Phi) is 7.80. The number of carbonyl (C=O) groups excluding carboxylic acids is 1. The Hall–Kier alpha value is -3.82. The van der Waals surface area contributed by atoms with Crippen LogP contribution in [0.3, 0.4) is 0 Å². The molecule has 3 aromatic rings. The van der Waals surface area contributed by atoms with Crippen LogP contribution < -0.4 is 18.9 Å². The van der Waals surface area contributed by atoms with E-state index in [0.717, 1.165) is 0 Å². The number of fused-ring (bicyclic) bond motifs is 1. The Labute approximate surface area is 222 Å². The van der Waals surface area contributed by atoms with Gasteiger partial charge in [-0.2, -0.15) is 0 Å². The van der Waals surface area contributed by atoms with Gasteiger partial charge in [0.2, 0.25) is 0 Å². The predicted molar refractivity (Wildman–Crippen MR) is 143 cm³/mol. The molecule has 1 unspecified atom stereocenters. The highest BCUT2D eigenvalue weighted by Crippen LogP contribution is 2.43. The number of rotatable bonds is 10. The van der Waals surface area contributed by atoms with E-state index in [4.69, 9.17) is 23.7 Å². The van der Waals surface area contributed by atoms with Crippen molar-refractivity contribution in [3.8, 4) is 23.0 Å². The molecule has 0 spiro atoms. The molecule has 1 atom stereocenters. The van der Waals surface area contributed by atoms with Crippen LogP contribution in [-0.4, -0.2) is 47.9 Å². The number of hydrogen-bond acceptors (Lipinski definition) is 8. The Balaban J connectivity index is 1.93. The first kappa shape index (κ1) is 27.2. The number of sulfone groups is 1. The van der Waals surface area contributed by atoms with Gasteiger partial charge in [-0.25, -0.2) is 8.42 Å². The number of hydrogen-bond donors (Lipinski definition) is 0. The number of methoxy groups -OCH3 is 3. The lowest BCUT2D eigenvalue weighted by atomic mass is 9.95. The highest BCUT2D eigenvalue weighted by molar-refractivity contribution is 7.92. The minimum Gasteiger partial charge on any atom is -0.493 e. The Morgan fingerprint density at radius 3 is 2.32 bits per heavy atom. The monoisotopic (exact) mass is 538 g/mol. The molecule has 0 bridgehead atoms. The molecule has 0 aliphatic carbocycles. The maximum atomic E-state index is 14.3. The van der Waals surface area contributed by atoms with E-state index < -0.39 is 26.5 Å². The number of ether oxygens (including phenoxy) is 5. The highest BCUT2D eigenvalue weighted by atomic mass is 32.2. The van der Waals surface area contributed by atoms with E-state index in [0.29, 0.717) is 22.8 Å². The van der Waals surface area contributed by atoms with Crippen molar-refractivity contribution in [1.29, 1.82) is 0 Å². The van der Waals surface area contributed by atoms with E-state index in [-0.39, 0.29) is 28.6 Å². The summed E-state index contributed by atoms with van der Waals surface area (Å²) in [5.41, 5.74) is 0.263. The van der Waals surface area contributed by atoms with Crippen LogP contribution in [0.25, 0.3) is 6.08 Å². The molecule has 0 radical (unpaired) electrons. The zero-order valence-electron chi connectivity index (χ0n) is 21.9. The van der Waals surface area contributed by atoms with Gasteiger partial charge in [0, 0.05) is 7.11 Å².